The summed E-state index contributed by atoms with van der Waals surface area (Å²) in [5.41, 5.74) is 1.37. The van der Waals surface area contributed by atoms with Gasteiger partial charge in [0.1, 0.15) is 0 Å². The molecule has 0 amide bonds. The van der Waals surface area contributed by atoms with Crippen molar-refractivity contribution in [3.8, 4) is 0 Å². The lowest BCUT2D eigenvalue weighted by Crippen LogP contribution is -2.47. The van der Waals surface area contributed by atoms with Crippen molar-refractivity contribution in [3.05, 3.63) is 29.8 Å². The number of hydrogen-bond acceptors (Lipinski definition) is 2. The van der Waals surface area contributed by atoms with Gasteiger partial charge in [-0.2, -0.15) is 0 Å². The van der Waals surface area contributed by atoms with Gasteiger partial charge in [-0.25, -0.2) is 0 Å². The maximum absolute atomic E-state index is 6.28. The highest BCUT2D eigenvalue weighted by Crippen LogP contribution is 2.19. The van der Waals surface area contributed by atoms with E-state index in [2.05, 4.69) is 58.1 Å². The van der Waals surface area contributed by atoms with Crippen molar-refractivity contribution in [3.63, 3.8) is 0 Å². The summed E-state index contributed by atoms with van der Waals surface area (Å²) in [4.78, 5) is 0. The summed E-state index contributed by atoms with van der Waals surface area (Å²) < 4.78 is 11.8. The highest BCUT2D eigenvalue weighted by molar-refractivity contribution is 6.84. The maximum Gasteiger partial charge on any atom is 0.218 e. The van der Waals surface area contributed by atoms with E-state index in [1.54, 1.807) is 0 Å². The zero-order valence-corrected chi connectivity index (χ0v) is 14.2. The van der Waals surface area contributed by atoms with E-state index in [9.17, 15) is 0 Å². The Morgan fingerprint density at radius 2 is 1.63 bits per heavy atom. The van der Waals surface area contributed by atoms with Crippen molar-refractivity contribution >= 4 is 13.5 Å². The van der Waals surface area contributed by atoms with E-state index in [0.29, 0.717) is 0 Å². The van der Waals surface area contributed by atoms with E-state index < -0.39 is 8.32 Å². The summed E-state index contributed by atoms with van der Waals surface area (Å²) in [7, 11) is -1.81. The molecule has 1 rings (SSSR count). The van der Waals surface area contributed by atoms with Crippen LogP contribution in [0.4, 0.5) is 0 Å². The summed E-state index contributed by atoms with van der Waals surface area (Å²) in [6.45, 7) is 15.3. The molecule has 0 spiro atoms. The Morgan fingerprint density at radius 1 is 1.05 bits per heavy atom. The lowest BCUT2D eigenvalue weighted by atomic mass is 9.97. The lowest BCUT2D eigenvalue weighted by molar-refractivity contribution is 0.0394. The SMILES string of the molecule is CCOCC(C)(C)CO[Si](C)(C)c1ccc(C)cc1. The van der Waals surface area contributed by atoms with Crippen molar-refractivity contribution < 1.29 is 9.16 Å². The van der Waals surface area contributed by atoms with Gasteiger partial charge < -0.3 is 9.16 Å². The molecule has 0 unspecified atom stereocenters. The van der Waals surface area contributed by atoms with Crippen LogP contribution in [0.3, 0.4) is 0 Å². The molecule has 0 bridgehead atoms. The topological polar surface area (TPSA) is 18.5 Å². The van der Waals surface area contributed by atoms with Gasteiger partial charge in [0, 0.05) is 18.6 Å². The van der Waals surface area contributed by atoms with Gasteiger partial charge >= 0.3 is 0 Å². The van der Waals surface area contributed by atoms with Crippen LogP contribution in [0.1, 0.15) is 26.3 Å². The second kappa shape index (κ2) is 6.68. The Bertz CT molecular complexity index is 382. The average molecular weight is 280 g/mol. The lowest BCUT2D eigenvalue weighted by Gasteiger charge is -2.31. The number of aryl methyl sites for hydroxylation is 1. The van der Waals surface area contributed by atoms with Crippen molar-refractivity contribution in [1.29, 1.82) is 0 Å². The van der Waals surface area contributed by atoms with Crippen molar-refractivity contribution in [1.82, 2.24) is 0 Å². The molecular weight excluding hydrogens is 252 g/mol. The average Bonchev–Trinajstić information content (AvgIpc) is 2.35. The third-order valence-corrected chi connectivity index (χ3v) is 5.86. The zero-order chi connectivity index (χ0) is 14.5. The van der Waals surface area contributed by atoms with Crippen molar-refractivity contribution in [2.45, 2.75) is 40.8 Å². The predicted octanol–water partition coefficient (Wildman–Crippen LogP) is 3.49. The molecule has 0 aromatic heterocycles. The summed E-state index contributed by atoms with van der Waals surface area (Å²) in [6.07, 6.45) is 0. The Hall–Kier alpha value is -0.643. The molecule has 0 heterocycles. The molecule has 0 aliphatic heterocycles. The predicted molar refractivity (Wildman–Crippen MR) is 84.5 cm³/mol. The summed E-state index contributed by atoms with van der Waals surface area (Å²) in [6, 6.07) is 8.74. The van der Waals surface area contributed by atoms with Crippen LogP contribution in [-0.2, 0) is 9.16 Å². The van der Waals surface area contributed by atoms with Gasteiger partial charge in [-0.15, -0.1) is 0 Å². The fourth-order valence-electron chi connectivity index (χ4n) is 1.83. The molecule has 1 aromatic rings. The Balaban J connectivity index is 2.62. The van der Waals surface area contributed by atoms with Crippen LogP contribution in [-0.4, -0.2) is 28.1 Å². The first-order chi connectivity index (χ1) is 8.77. The monoisotopic (exact) mass is 280 g/mol. The summed E-state index contributed by atoms with van der Waals surface area (Å²) in [5.74, 6) is 0. The first kappa shape index (κ1) is 16.4. The molecule has 108 valence electrons. The van der Waals surface area contributed by atoms with Crippen molar-refractivity contribution in [2.24, 2.45) is 5.41 Å². The first-order valence-corrected chi connectivity index (χ1v) is 9.96. The molecule has 0 aliphatic rings. The smallest absolute Gasteiger partial charge is 0.218 e. The fraction of sp³-hybridized carbons (Fsp3) is 0.625. The van der Waals surface area contributed by atoms with Crippen molar-refractivity contribution in [2.75, 3.05) is 19.8 Å². The van der Waals surface area contributed by atoms with Gasteiger partial charge in [-0.3, -0.25) is 0 Å². The molecule has 0 fully saturated rings. The molecule has 3 heteroatoms. The van der Waals surface area contributed by atoms with Crippen LogP contribution in [0.2, 0.25) is 13.1 Å². The Morgan fingerprint density at radius 3 is 2.16 bits per heavy atom. The summed E-state index contributed by atoms with van der Waals surface area (Å²) >= 11 is 0. The van der Waals surface area contributed by atoms with Gasteiger partial charge in [0.2, 0.25) is 8.32 Å². The fourth-order valence-corrected chi connectivity index (χ4v) is 3.72. The molecule has 0 atom stereocenters. The molecule has 0 N–H and O–H groups in total. The second-order valence-corrected chi connectivity index (χ2v) is 10.4. The minimum Gasteiger partial charge on any atom is -0.412 e. The molecule has 0 aliphatic carbocycles. The van der Waals surface area contributed by atoms with Gasteiger partial charge in [0.15, 0.2) is 0 Å². The largest absolute Gasteiger partial charge is 0.412 e. The van der Waals surface area contributed by atoms with Gasteiger partial charge in [0.05, 0.1) is 6.61 Å². The van der Waals surface area contributed by atoms with Crippen LogP contribution in [0.5, 0.6) is 0 Å². The molecule has 0 saturated carbocycles. The van der Waals surface area contributed by atoms with Crippen LogP contribution >= 0.6 is 0 Å². The minimum atomic E-state index is -1.81. The van der Waals surface area contributed by atoms with Crippen LogP contribution in [0, 0.1) is 12.3 Å². The van der Waals surface area contributed by atoms with Gasteiger partial charge in [-0.05, 0) is 32.1 Å². The third-order valence-electron chi connectivity index (χ3n) is 3.27. The van der Waals surface area contributed by atoms with Crippen LogP contribution in [0.15, 0.2) is 24.3 Å². The van der Waals surface area contributed by atoms with E-state index in [4.69, 9.17) is 9.16 Å². The molecule has 0 saturated heterocycles. The highest BCUT2D eigenvalue weighted by Gasteiger charge is 2.29. The molecular formula is C16H28O2Si. The number of rotatable bonds is 7. The van der Waals surface area contributed by atoms with Crippen LogP contribution < -0.4 is 5.19 Å². The first-order valence-electron chi connectivity index (χ1n) is 7.06. The van der Waals surface area contributed by atoms with E-state index in [-0.39, 0.29) is 5.41 Å². The van der Waals surface area contributed by atoms with E-state index in [0.717, 1.165) is 19.8 Å². The van der Waals surface area contributed by atoms with Crippen LogP contribution in [0.25, 0.3) is 0 Å². The number of benzene rings is 1. The number of hydrogen-bond donors (Lipinski definition) is 0. The van der Waals surface area contributed by atoms with E-state index in [1.165, 1.54) is 10.8 Å². The Kier molecular flexibility index (Phi) is 5.77. The third kappa shape index (κ3) is 5.47. The normalized spacial score (nSPS) is 12.7. The quantitative estimate of drug-likeness (QED) is 0.712. The highest BCUT2D eigenvalue weighted by atomic mass is 28.4. The standard InChI is InChI=1S/C16H28O2Si/c1-7-17-12-16(3,4)13-18-19(5,6)15-10-8-14(2)9-11-15/h8-11H,7,12-13H2,1-6H3. The summed E-state index contributed by atoms with van der Waals surface area (Å²) in [5, 5.41) is 1.35. The molecule has 2 nitrogen and oxygen atoms in total. The minimum absolute atomic E-state index is 0.0744. The maximum atomic E-state index is 6.28. The van der Waals surface area contributed by atoms with E-state index in [1.807, 2.05) is 6.92 Å². The molecule has 19 heavy (non-hydrogen) atoms. The van der Waals surface area contributed by atoms with Gasteiger partial charge in [0.25, 0.3) is 0 Å². The zero-order valence-electron chi connectivity index (χ0n) is 13.2. The number of ether oxygens (including phenoxy) is 1. The van der Waals surface area contributed by atoms with E-state index >= 15 is 0 Å². The Labute approximate surface area is 119 Å². The molecule has 0 radical (unpaired) electrons. The second-order valence-electron chi connectivity index (χ2n) is 6.47. The van der Waals surface area contributed by atoms with Gasteiger partial charge in [-0.1, -0.05) is 43.7 Å². The molecule has 1 aromatic carbocycles.